The van der Waals surface area contributed by atoms with E-state index in [4.69, 9.17) is 4.42 Å². The second kappa shape index (κ2) is 4.24. The van der Waals surface area contributed by atoms with Crippen LogP contribution in [-0.4, -0.2) is 15.4 Å². The van der Waals surface area contributed by atoms with Crippen LogP contribution in [0.5, 0.6) is 0 Å². The first kappa shape index (κ1) is 12.8. The zero-order valence-corrected chi connectivity index (χ0v) is 12.6. The Balaban J connectivity index is 1.91. The molecule has 0 bridgehead atoms. The minimum atomic E-state index is -0.455. The molecule has 92 valence electrons. The molecule has 1 amide bonds. The molecule has 1 aromatic rings. The zero-order chi connectivity index (χ0) is 12.7. The molecule has 1 N–H and O–H groups in total. The van der Waals surface area contributed by atoms with Crippen molar-refractivity contribution in [3.63, 3.8) is 0 Å². The Labute approximate surface area is 116 Å². The topological polar surface area (TPSA) is 54.6 Å². The number of aryl methyl sites for hydroxylation is 1. The summed E-state index contributed by atoms with van der Waals surface area (Å²) in [5.74, 6) is 1.31. The fourth-order valence-electron chi connectivity index (χ4n) is 1.45. The molecular weight excluding hydrogens is 352 g/mol. The van der Waals surface area contributed by atoms with Crippen LogP contribution in [0.25, 0.3) is 0 Å². The molecule has 6 heteroatoms. The molecule has 4 nitrogen and oxygen atoms in total. The van der Waals surface area contributed by atoms with Crippen LogP contribution in [0, 0.1) is 12.3 Å². The van der Waals surface area contributed by atoms with E-state index in [1.54, 1.807) is 6.07 Å². The fraction of sp³-hybridized carbons (Fsp3) is 0.455. The van der Waals surface area contributed by atoms with Crippen LogP contribution >= 0.6 is 31.9 Å². The highest BCUT2D eigenvalue weighted by Crippen LogP contribution is 2.66. The lowest BCUT2D eigenvalue weighted by atomic mass is 10.1. The molecule has 1 fully saturated rings. The number of hydrogen-bond acceptors (Lipinski definition) is 3. The monoisotopic (exact) mass is 362 g/mol. The minimum Gasteiger partial charge on any atom is -0.460 e. The van der Waals surface area contributed by atoms with Crippen molar-refractivity contribution in [1.29, 1.82) is 0 Å². The number of nitrogens with zero attached hydrogens (tertiary/aromatic N) is 1. The van der Waals surface area contributed by atoms with E-state index in [1.807, 2.05) is 19.9 Å². The van der Waals surface area contributed by atoms with Crippen LogP contribution in [0.2, 0.25) is 0 Å². The van der Waals surface area contributed by atoms with Crippen LogP contribution in [-0.2, 0) is 4.79 Å². The summed E-state index contributed by atoms with van der Waals surface area (Å²) in [5, 5.41) is 3.87. The average molecular weight is 364 g/mol. The molecule has 1 aliphatic rings. The van der Waals surface area contributed by atoms with Gasteiger partial charge in [-0.2, -0.15) is 5.10 Å². The van der Waals surface area contributed by atoms with Crippen molar-refractivity contribution in [2.45, 2.75) is 23.5 Å². The number of hydrogen-bond donors (Lipinski definition) is 1. The smallest absolute Gasteiger partial charge is 0.248 e. The van der Waals surface area contributed by atoms with Gasteiger partial charge in [-0.05, 0) is 32.4 Å². The standard InChI is InChI=1S/C11H12Br2N2O2/c1-7-3-4-8(17-7)5-14-15-9(16)10(2)6-11(10,12)13/h3-5H,6H2,1-2H3,(H,15,16). The van der Waals surface area contributed by atoms with Crippen molar-refractivity contribution in [2.24, 2.45) is 10.5 Å². The van der Waals surface area contributed by atoms with Gasteiger partial charge in [-0.1, -0.05) is 31.9 Å². The Kier molecular flexibility index (Phi) is 3.20. The summed E-state index contributed by atoms with van der Waals surface area (Å²) in [7, 11) is 0. The van der Waals surface area contributed by atoms with Gasteiger partial charge in [-0.25, -0.2) is 5.43 Å². The lowest BCUT2D eigenvalue weighted by Crippen LogP contribution is -2.29. The number of carbonyl (C=O) groups is 1. The summed E-state index contributed by atoms with van der Waals surface area (Å²) in [6.45, 7) is 3.73. The van der Waals surface area contributed by atoms with Gasteiger partial charge in [0.2, 0.25) is 5.91 Å². The molecule has 1 unspecified atom stereocenters. The average Bonchev–Trinajstić information content (AvgIpc) is 2.58. The predicted molar refractivity (Wildman–Crippen MR) is 72.5 cm³/mol. The molecule has 0 spiro atoms. The first-order valence-corrected chi connectivity index (χ1v) is 6.71. The molecule has 2 rings (SSSR count). The van der Waals surface area contributed by atoms with E-state index in [-0.39, 0.29) is 9.14 Å². The maximum absolute atomic E-state index is 11.8. The van der Waals surface area contributed by atoms with Crippen LogP contribution in [0.1, 0.15) is 24.9 Å². The molecule has 0 radical (unpaired) electrons. The zero-order valence-electron chi connectivity index (χ0n) is 9.46. The van der Waals surface area contributed by atoms with E-state index in [2.05, 4.69) is 42.4 Å². The van der Waals surface area contributed by atoms with Crippen molar-refractivity contribution in [1.82, 2.24) is 5.43 Å². The van der Waals surface area contributed by atoms with Crippen molar-refractivity contribution >= 4 is 44.0 Å². The van der Waals surface area contributed by atoms with Gasteiger partial charge in [-0.3, -0.25) is 4.79 Å². The summed E-state index contributed by atoms with van der Waals surface area (Å²) in [6, 6.07) is 3.64. The lowest BCUT2D eigenvalue weighted by Gasteiger charge is -2.09. The van der Waals surface area contributed by atoms with E-state index in [1.165, 1.54) is 6.21 Å². The molecule has 1 atom stereocenters. The molecule has 1 heterocycles. The van der Waals surface area contributed by atoms with Crippen molar-refractivity contribution in [3.05, 3.63) is 23.7 Å². The first-order valence-electron chi connectivity index (χ1n) is 5.13. The third kappa shape index (κ3) is 2.47. The number of furan rings is 1. The normalized spacial score (nSPS) is 26.1. The molecule has 1 aliphatic carbocycles. The highest BCUT2D eigenvalue weighted by Gasteiger charge is 2.66. The number of nitrogens with one attached hydrogen (secondary N) is 1. The van der Waals surface area contributed by atoms with Gasteiger partial charge in [0.1, 0.15) is 11.5 Å². The Morgan fingerprint density at radius 2 is 2.24 bits per heavy atom. The van der Waals surface area contributed by atoms with E-state index in [0.717, 1.165) is 12.2 Å². The Morgan fingerprint density at radius 3 is 2.71 bits per heavy atom. The van der Waals surface area contributed by atoms with Gasteiger partial charge in [-0.15, -0.1) is 0 Å². The quantitative estimate of drug-likeness (QED) is 0.510. The largest absolute Gasteiger partial charge is 0.460 e. The third-order valence-electron chi connectivity index (χ3n) is 2.88. The summed E-state index contributed by atoms with van der Waals surface area (Å²) in [5.41, 5.74) is 2.05. The predicted octanol–water partition coefficient (Wildman–Crippen LogP) is 2.93. The number of halogens is 2. The van der Waals surface area contributed by atoms with Crippen molar-refractivity contribution in [2.75, 3.05) is 0 Å². The Morgan fingerprint density at radius 1 is 1.59 bits per heavy atom. The maximum atomic E-state index is 11.8. The van der Waals surface area contributed by atoms with Gasteiger partial charge in [0.05, 0.1) is 14.9 Å². The van der Waals surface area contributed by atoms with Gasteiger partial charge in [0.15, 0.2) is 0 Å². The lowest BCUT2D eigenvalue weighted by molar-refractivity contribution is -0.125. The van der Waals surface area contributed by atoms with Gasteiger partial charge in [0, 0.05) is 0 Å². The van der Waals surface area contributed by atoms with Gasteiger partial charge in [0.25, 0.3) is 0 Å². The Hall–Kier alpha value is -0.620. The molecule has 0 aliphatic heterocycles. The highest BCUT2D eigenvalue weighted by atomic mass is 79.9. The van der Waals surface area contributed by atoms with Crippen LogP contribution in [0.3, 0.4) is 0 Å². The van der Waals surface area contributed by atoms with Gasteiger partial charge >= 0.3 is 0 Å². The van der Waals surface area contributed by atoms with Crippen LogP contribution in [0.4, 0.5) is 0 Å². The third-order valence-corrected chi connectivity index (χ3v) is 5.19. The fourth-order valence-corrected chi connectivity index (χ4v) is 2.93. The van der Waals surface area contributed by atoms with Gasteiger partial charge < -0.3 is 4.42 Å². The SMILES string of the molecule is Cc1ccc(C=NNC(=O)C2(C)CC2(Br)Br)o1. The van der Waals surface area contributed by atoms with E-state index in [0.29, 0.717) is 5.76 Å². The molecule has 1 saturated carbocycles. The number of hydrazone groups is 1. The molecule has 17 heavy (non-hydrogen) atoms. The van der Waals surface area contributed by atoms with E-state index in [9.17, 15) is 4.79 Å². The number of carbonyl (C=O) groups excluding carboxylic acids is 1. The number of alkyl halides is 2. The molecule has 1 aromatic heterocycles. The second-order valence-corrected chi connectivity index (χ2v) is 8.13. The second-order valence-electron chi connectivity index (χ2n) is 4.36. The summed E-state index contributed by atoms with van der Waals surface area (Å²) in [6.07, 6.45) is 2.22. The highest BCUT2D eigenvalue weighted by molar-refractivity contribution is 9.25. The first-order chi connectivity index (χ1) is 7.85. The summed E-state index contributed by atoms with van der Waals surface area (Å²) < 4.78 is 4.99. The molecular formula is C11H12Br2N2O2. The van der Waals surface area contributed by atoms with Crippen LogP contribution < -0.4 is 5.43 Å². The summed E-state index contributed by atoms with van der Waals surface area (Å²) in [4.78, 5) is 11.8. The van der Waals surface area contributed by atoms with E-state index >= 15 is 0 Å². The maximum Gasteiger partial charge on any atom is 0.248 e. The van der Waals surface area contributed by atoms with Crippen molar-refractivity contribution < 1.29 is 9.21 Å². The molecule has 0 saturated heterocycles. The van der Waals surface area contributed by atoms with Crippen molar-refractivity contribution in [3.8, 4) is 0 Å². The molecule has 0 aromatic carbocycles. The summed E-state index contributed by atoms with van der Waals surface area (Å²) >= 11 is 6.87. The van der Waals surface area contributed by atoms with Crippen LogP contribution in [0.15, 0.2) is 21.7 Å². The number of amides is 1. The Bertz CT molecular complexity index is 482. The van der Waals surface area contributed by atoms with E-state index < -0.39 is 5.41 Å². The minimum absolute atomic E-state index is 0.120. The number of rotatable bonds is 3.